The molecule has 0 fully saturated rings. The fraction of sp³-hybridized carbons (Fsp3) is 0.182. The van der Waals surface area contributed by atoms with E-state index < -0.39 is 5.63 Å². The zero-order valence-electron chi connectivity index (χ0n) is 8.34. The van der Waals surface area contributed by atoms with Gasteiger partial charge in [-0.3, -0.25) is 0 Å². The summed E-state index contributed by atoms with van der Waals surface area (Å²) < 4.78 is 10.1. The first-order valence-corrected chi connectivity index (χ1v) is 4.71. The Morgan fingerprint density at radius 2 is 2.12 bits per heavy atom. The van der Waals surface area contributed by atoms with E-state index >= 15 is 0 Å². The monoisotopic (exact) mass is 222 g/mol. The molecule has 5 heteroatoms. The van der Waals surface area contributed by atoms with Crippen LogP contribution in [-0.4, -0.2) is 23.4 Å². The third kappa shape index (κ3) is 1.99. The normalized spacial score (nSPS) is 10.6. The minimum atomic E-state index is -0.621. The van der Waals surface area contributed by atoms with Gasteiger partial charge in [0.15, 0.2) is 0 Å². The van der Waals surface area contributed by atoms with Crippen LogP contribution >= 0.6 is 0 Å². The van der Waals surface area contributed by atoms with E-state index in [-0.39, 0.29) is 24.5 Å². The molecule has 0 aliphatic carbocycles. The summed E-state index contributed by atoms with van der Waals surface area (Å²) >= 11 is 0. The summed E-state index contributed by atoms with van der Waals surface area (Å²) in [5, 5.41) is 18.5. The maximum atomic E-state index is 11.0. The maximum absolute atomic E-state index is 11.0. The molecule has 0 amide bonds. The van der Waals surface area contributed by atoms with Crippen LogP contribution < -0.4 is 10.4 Å². The number of aliphatic hydroxyl groups is 1. The Morgan fingerprint density at radius 3 is 2.88 bits per heavy atom. The van der Waals surface area contributed by atoms with Crippen molar-refractivity contribution < 1.29 is 19.4 Å². The SMILES string of the molecule is O=c1cc(O)c2ccc(OCCO)cc2o1. The van der Waals surface area contributed by atoms with E-state index in [9.17, 15) is 9.90 Å². The van der Waals surface area contributed by atoms with Crippen LogP contribution in [0.3, 0.4) is 0 Å². The van der Waals surface area contributed by atoms with Crippen molar-refractivity contribution in [3.63, 3.8) is 0 Å². The first-order valence-electron chi connectivity index (χ1n) is 4.71. The van der Waals surface area contributed by atoms with Gasteiger partial charge in [0.2, 0.25) is 0 Å². The van der Waals surface area contributed by atoms with Crippen molar-refractivity contribution in [3.8, 4) is 11.5 Å². The number of hydrogen-bond donors (Lipinski definition) is 2. The van der Waals surface area contributed by atoms with Gasteiger partial charge in [0.1, 0.15) is 23.7 Å². The van der Waals surface area contributed by atoms with Crippen LogP contribution in [-0.2, 0) is 0 Å². The number of hydrogen-bond acceptors (Lipinski definition) is 5. The Balaban J connectivity index is 2.49. The summed E-state index contributed by atoms with van der Waals surface area (Å²) in [4.78, 5) is 11.0. The van der Waals surface area contributed by atoms with Gasteiger partial charge in [0.25, 0.3) is 0 Å². The van der Waals surface area contributed by atoms with E-state index in [0.717, 1.165) is 6.07 Å². The first kappa shape index (κ1) is 10.5. The summed E-state index contributed by atoms with van der Waals surface area (Å²) in [7, 11) is 0. The van der Waals surface area contributed by atoms with Crippen molar-refractivity contribution in [1.29, 1.82) is 0 Å². The number of ether oxygens (including phenoxy) is 1. The molecule has 5 nitrogen and oxygen atoms in total. The highest BCUT2D eigenvalue weighted by Crippen LogP contribution is 2.25. The van der Waals surface area contributed by atoms with Gasteiger partial charge >= 0.3 is 5.63 Å². The van der Waals surface area contributed by atoms with Gasteiger partial charge in [0, 0.05) is 6.07 Å². The molecule has 2 N–H and O–H groups in total. The van der Waals surface area contributed by atoms with Gasteiger partial charge < -0.3 is 19.4 Å². The second kappa shape index (κ2) is 4.24. The number of rotatable bonds is 3. The summed E-state index contributed by atoms with van der Waals surface area (Å²) in [5.74, 6) is 0.343. The third-order valence-electron chi connectivity index (χ3n) is 2.05. The molecule has 0 saturated heterocycles. The second-order valence-corrected chi connectivity index (χ2v) is 3.18. The Morgan fingerprint density at radius 1 is 1.31 bits per heavy atom. The third-order valence-corrected chi connectivity index (χ3v) is 2.05. The van der Waals surface area contributed by atoms with Gasteiger partial charge in [-0.05, 0) is 12.1 Å². The van der Waals surface area contributed by atoms with E-state index in [4.69, 9.17) is 14.3 Å². The van der Waals surface area contributed by atoms with Gasteiger partial charge in [-0.1, -0.05) is 0 Å². The largest absolute Gasteiger partial charge is 0.507 e. The molecule has 0 spiro atoms. The van der Waals surface area contributed by atoms with Gasteiger partial charge in [0.05, 0.1) is 18.1 Å². The van der Waals surface area contributed by atoms with E-state index in [0.29, 0.717) is 11.1 Å². The molecule has 0 atom stereocenters. The number of fused-ring (bicyclic) bond motifs is 1. The van der Waals surface area contributed by atoms with Crippen molar-refractivity contribution >= 4 is 11.0 Å². The highest BCUT2D eigenvalue weighted by Gasteiger charge is 2.05. The predicted molar refractivity (Wildman–Crippen MR) is 56.7 cm³/mol. The highest BCUT2D eigenvalue weighted by atomic mass is 16.5. The zero-order chi connectivity index (χ0) is 11.5. The average molecular weight is 222 g/mol. The van der Waals surface area contributed by atoms with Crippen LogP contribution in [0.25, 0.3) is 11.0 Å². The van der Waals surface area contributed by atoms with Crippen LogP contribution in [0.4, 0.5) is 0 Å². The Bertz CT molecular complexity index is 558. The summed E-state index contributed by atoms with van der Waals surface area (Å²) in [6.07, 6.45) is 0. The lowest BCUT2D eigenvalue weighted by Crippen LogP contribution is -2.01. The van der Waals surface area contributed by atoms with E-state index in [2.05, 4.69) is 0 Å². The molecular formula is C11H10O5. The second-order valence-electron chi connectivity index (χ2n) is 3.18. The Labute approximate surface area is 90.5 Å². The topological polar surface area (TPSA) is 79.9 Å². The van der Waals surface area contributed by atoms with E-state index in [1.165, 1.54) is 6.07 Å². The highest BCUT2D eigenvalue weighted by molar-refractivity contribution is 5.83. The molecular weight excluding hydrogens is 212 g/mol. The van der Waals surface area contributed by atoms with Gasteiger partial charge in [-0.15, -0.1) is 0 Å². The summed E-state index contributed by atoms with van der Waals surface area (Å²) in [6, 6.07) is 5.71. The van der Waals surface area contributed by atoms with E-state index in [1.54, 1.807) is 12.1 Å². The molecule has 84 valence electrons. The lowest BCUT2D eigenvalue weighted by atomic mass is 10.2. The average Bonchev–Trinajstić information content (AvgIpc) is 2.25. The maximum Gasteiger partial charge on any atom is 0.339 e. The summed E-state index contributed by atoms with van der Waals surface area (Å²) in [6.45, 7) is 0.0661. The number of aromatic hydroxyl groups is 1. The number of benzene rings is 1. The van der Waals surface area contributed by atoms with Crippen molar-refractivity contribution in [2.45, 2.75) is 0 Å². The smallest absolute Gasteiger partial charge is 0.339 e. The first-order chi connectivity index (χ1) is 7.70. The quantitative estimate of drug-likeness (QED) is 0.753. The molecule has 1 aromatic carbocycles. The molecule has 0 radical (unpaired) electrons. The minimum Gasteiger partial charge on any atom is -0.507 e. The molecule has 0 aliphatic rings. The standard InChI is InChI=1S/C11H10O5/c12-3-4-15-7-1-2-8-9(13)6-11(14)16-10(8)5-7/h1-2,5-6,12-13H,3-4H2. The van der Waals surface area contributed by atoms with Crippen molar-refractivity contribution in [2.24, 2.45) is 0 Å². The van der Waals surface area contributed by atoms with Gasteiger partial charge in [-0.2, -0.15) is 0 Å². The fourth-order valence-electron chi connectivity index (χ4n) is 1.38. The Kier molecular flexibility index (Phi) is 2.78. The molecule has 1 heterocycles. The molecule has 2 rings (SSSR count). The lowest BCUT2D eigenvalue weighted by molar-refractivity contribution is 0.201. The lowest BCUT2D eigenvalue weighted by Gasteiger charge is -2.05. The fourth-order valence-corrected chi connectivity index (χ4v) is 1.38. The van der Waals surface area contributed by atoms with Gasteiger partial charge in [-0.25, -0.2) is 4.79 Å². The predicted octanol–water partition coefficient (Wildman–Crippen LogP) is 0.870. The summed E-state index contributed by atoms with van der Waals surface area (Å²) in [5.41, 5.74) is -0.371. The molecule has 0 saturated carbocycles. The van der Waals surface area contributed by atoms with Crippen molar-refractivity contribution in [3.05, 3.63) is 34.7 Å². The molecule has 16 heavy (non-hydrogen) atoms. The van der Waals surface area contributed by atoms with Crippen LogP contribution in [0.1, 0.15) is 0 Å². The molecule has 0 unspecified atom stereocenters. The Hall–Kier alpha value is -2.01. The molecule has 0 bridgehead atoms. The van der Waals surface area contributed by atoms with Crippen molar-refractivity contribution in [2.75, 3.05) is 13.2 Å². The molecule has 2 aromatic rings. The van der Waals surface area contributed by atoms with Crippen LogP contribution in [0.15, 0.2) is 33.5 Å². The van der Waals surface area contributed by atoms with Crippen LogP contribution in [0.5, 0.6) is 11.5 Å². The van der Waals surface area contributed by atoms with Crippen LogP contribution in [0, 0.1) is 0 Å². The zero-order valence-corrected chi connectivity index (χ0v) is 8.34. The molecule has 1 aromatic heterocycles. The van der Waals surface area contributed by atoms with E-state index in [1.807, 2.05) is 0 Å². The number of aliphatic hydroxyl groups excluding tert-OH is 1. The van der Waals surface area contributed by atoms with Crippen LogP contribution in [0.2, 0.25) is 0 Å². The van der Waals surface area contributed by atoms with Crippen molar-refractivity contribution in [1.82, 2.24) is 0 Å². The minimum absolute atomic E-state index is 0.0952. The molecule has 0 aliphatic heterocycles.